The Kier molecular flexibility index (Phi) is 3.27. The Hall–Kier alpha value is 0.137. The maximum atomic E-state index is 5.08. The first-order valence-electron chi connectivity index (χ1n) is 2.79. The average Bonchev–Trinajstić information content (AvgIpc) is 1.87. The summed E-state index contributed by atoms with van der Waals surface area (Å²) in [6.07, 6.45) is 0. The van der Waals surface area contributed by atoms with Gasteiger partial charge in [0.25, 0.3) is 0 Å². The van der Waals surface area contributed by atoms with Gasteiger partial charge in [-0.2, -0.15) is 0 Å². The first kappa shape index (κ1) is 8.14. The van der Waals surface area contributed by atoms with Gasteiger partial charge in [-0.05, 0) is 6.92 Å². The molecule has 0 saturated heterocycles. The van der Waals surface area contributed by atoms with Crippen LogP contribution in [0, 0.1) is 0 Å². The van der Waals surface area contributed by atoms with Crippen LogP contribution in [0.25, 0.3) is 0 Å². The van der Waals surface area contributed by atoms with E-state index in [1.807, 2.05) is 6.92 Å². The van der Waals surface area contributed by atoms with Crippen LogP contribution >= 0.6 is 0 Å². The van der Waals surface area contributed by atoms with Crippen molar-refractivity contribution < 1.29 is 9.47 Å². The van der Waals surface area contributed by atoms with Gasteiger partial charge in [-0.15, -0.1) is 0 Å². The summed E-state index contributed by atoms with van der Waals surface area (Å²) < 4.78 is 10.2. The summed E-state index contributed by atoms with van der Waals surface area (Å²) in [5.41, 5.74) is -0.236. The molecule has 0 aliphatic rings. The van der Waals surface area contributed by atoms with Crippen LogP contribution in [0.1, 0.15) is 6.92 Å². The first-order chi connectivity index (χ1) is 3.68. The number of ether oxygens (including phenoxy) is 2. The van der Waals surface area contributed by atoms with Crippen LogP contribution in [-0.2, 0) is 9.47 Å². The Bertz CT molecular complexity index is 53.2. The topological polar surface area (TPSA) is 18.5 Å². The molecule has 0 aromatic carbocycles. The molecule has 0 atom stereocenters. The van der Waals surface area contributed by atoms with E-state index in [0.717, 1.165) is 0 Å². The highest BCUT2D eigenvalue weighted by molar-refractivity contribution is 6.36. The van der Waals surface area contributed by atoms with Crippen LogP contribution < -0.4 is 0 Å². The molecule has 0 aromatic heterocycles. The van der Waals surface area contributed by atoms with Gasteiger partial charge in [-0.25, -0.2) is 0 Å². The Balaban J connectivity index is 3.58. The highest BCUT2D eigenvalue weighted by Crippen LogP contribution is 2.05. The summed E-state index contributed by atoms with van der Waals surface area (Å²) in [7, 11) is 3.15. The molecular weight excluding hydrogens is 120 g/mol. The van der Waals surface area contributed by atoms with Gasteiger partial charge in [-0.3, -0.25) is 0 Å². The molecule has 0 saturated carbocycles. The second kappa shape index (κ2) is 3.22. The molecule has 0 radical (unpaired) electrons. The zero-order valence-electron chi connectivity index (χ0n) is 6.02. The monoisotopic (exact) mass is 134 g/mol. The van der Waals surface area contributed by atoms with E-state index in [-0.39, 0.29) is 14.9 Å². The molecule has 0 spiro atoms. The van der Waals surface area contributed by atoms with Crippen LogP contribution in [0.4, 0.5) is 0 Å². The lowest BCUT2D eigenvalue weighted by atomic mass is 10.7. The van der Waals surface area contributed by atoms with Crippen molar-refractivity contribution >= 4 is 9.52 Å². The molecule has 50 valence electrons. The highest BCUT2D eigenvalue weighted by atomic mass is 28.2. The van der Waals surface area contributed by atoms with Crippen molar-refractivity contribution in [3.05, 3.63) is 0 Å². The molecule has 0 aliphatic heterocycles. The second-order valence-electron chi connectivity index (χ2n) is 1.90. The van der Waals surface area contributed by atoms with Crippen molar-refractivity contribution in [2.24, 2.45) is 0 Å². The van der Waals surface area contributed by atoms with Gasteiger partial charge in [-0.1, -0.05) is 6.55 Å². The number of hydrogen-bond donors (Lipinski definition) is 0. The van der Waals surface area contributed by atoms with E-state index in [1.165, 1.54) is 0 Å². The first-order valence-corrected chi connectivity index (χ1v) is 4.91. The third-order valence-electron chi connectivity index (χ3n) is 1.51. The predicted molar refractivity (Wildman–Crippen MR) is 36.8 cm³/mol. The molecule has 0 aromatic rings. The lowest BCUT2D eigenvalue weighted by molar-refractivity contribution is -0.130. The summed E-state index contributed by atoms with van der Waals surface area (Å²) in [6, 6.07) is 0. The lowest BCUT2D eigenvalue weighted by Crippen LogP contribution is -2.34. The second-order valence-corrected chi connectivity index (χ2v) is 3.89. The maximum Gasteiger partial charge on any atom is 0.141 e. The van der Waals surface area contributed by atoms with Crippen molar-refractivity contribution in [3.8, 4) is 0 Å². The number of hydrogen-bond acceptors (Lipinski definition) is 2. The minimum absolute atomic E-state index is 0.213. The minimum Gasteiger partial charge on any atom is -0.358 e. The normalized spacial score (nSPS) is 13.5. The van der Waals surface area contributed by atoms with Crippen LogP contribution in [0.3, 0.4) is 0 Å². The third kappa shape index (κ3) is 1.94. The Morgan fingerprint density at radius 1 is 1.25 bits per heavy atom. The largest absolute Gasteiger partial charge is 0.358 e. The van der Waals surface area contributed by atoms with Crippen molar-refractivity contribution in [2.45, 2.75) is 18.9 Å². The smallest absolute Gasteiger partial charge is 0.141 e. The van der Waals surface area contributed by atoms with Crippen molar-refractivity contribution in [2.75, 3.05) is 14.2 Å². The van der Waals surface area contributed by atoms with E-state index in [2.05, 4.69) is 6.55 Å². The molecule has 3 heteroatoms. The van der Waals surface area contributed by atoms with Crippen LogP contribution in [0.2, 0.25) is 6.55 Å². The Labute approximate surface area is 53.0 Å². The maximum absolute atomic E-state index is 5.08. The van der Waals surface area contributed by atoms with Crippen molar-refractivity contribution in [1.82, 2.24) is 0 Å². The van der Waals surface area contributed by atoms with Gasteiger partial charge in [0.2, 0.25) is 0 Å². The van der Waals surface area contributed by atoms with Gasteiger partial charge < -0.3 is 9.47 Å². The fourth-order valence-corrected chi connectivity index (χ4v) is 0.949. The molecule has 0 fully saturated rings. The van der Waals surface area contributed by atoms with Gasteiger partial charge >= 0.3 is 0 Å². The van der Waals surface area contributed by atoms with Crippen LogP contribution in [0.5, 0.6) is 0 Å². The summed E-state index contributed by atoms with van der Waals surface area (Å²) in [4.78, 5) is 0. The van der Waals surface area contributed by atoms with Gasteiger partial charge in [0.05, 0.1) is 9.52 Å². The summed E-state index contributed by atoms with van der Waals surface area (Å²) in [6.45, 7) is 4.13. The standard InChI is InChI=1S/C5H14O2Si/c1-5(6-2,7-3)8-4/h8H2,1-4H3. The van der Waals surface area contributed by atoms with Crippen molar-refractivity contribution in [1.29, 1.82) is 0 Å². The fourth-order valence-electron chi connectivity index (χ4n) is 0.372. The van der Waals surface area contributed by atoms with Crippen LogP contribution in [0.15, 0.2) is 0 Å². The van der Waals surface area contributed by atoms with E-state index >= 15 is 0 Å². The summed E-state index contributed by atoms with van der Waals surface area (Å²) >= 11 is 0. The highest BCUT2D eigenvalue weighted by Gasteiger charge is 2.18. The molecule has 0 unspecified atom stereocenters. The molecule has 0 heterocycles. The molecule has 0 rings (SSSR count). The number of rotatable bonds is 3. The third-order valence-corrected chi connectivity index (χ3v) is 3.37. The van der Waals surface area contributed by atoms with Gasteiger partial charge in [0.1, 0.15) is 5.41 Å². The Morgan fingerprint density at radius 2 is 1.62 bits per heavy atom. The SMILES string of the molecule is COC(C)(OC)[SiH2]C. The van der Waals surface area contributed by atoms with E-state index in [9.17, 15) is 0 Å². The fraction of sp³-hybridized carbons (Fsp3) is 1.00. The molecule has 0 N–H and O–H groups in total. The van der Waals surface area contributed by atoms with E-state index < -0.39 is 0 Å². The van der Waals surface area contributed by atoms with Gasteiger partial charge in [0, 0.05) is 14.2 Å². The van der Waals surface area contributed by atoms with Crippen molar-refractivity contribution in [3.63, 3.8) is 0 Å². The molecule has 2 nitrogen and oxygen atoms in total. The minimum atomic E-state index is -0.236. The molecular formula is C5H14O2Si. The summed E-state index contributed by atoms with van der Waals surface area (Å²) in [5, 5.41) is 0. The van der Waals surface area contributed by atoms with Crippen LogP contribution in [-0.4, -0.2) is 29.1 Å². The zero-order chi connectivity index (χ0) is 6.62. The average molecular weight is 134 g/mol. The van der Waals surface area contributed by atoms with Gasteiger partial charge in [0.15, 0.2) is 0 Å². The molecule has 0 bridgehead atoms. The predicted octanol–water partition coefficient (Wildman–Crippen LogP) is 0.170. The molecule has 8 heavy (non-hydrogen) atoms. The number of methoxy groups -OCH3 is 2. The lowest BCUT2D eigenvalue weighted by Gasteiger charge is -2.23. The quantitative estimate of drug-likeness (QED) is 0.404. The van der Waals surface area contributed by atoms with E-state index in [4.69, 9.17) is 9.47 Å². The summed E-state index contributed by atoms with van der Waals surface area (Å²) in [5.74, 6) is 0. The molecule has 0 aliphatic carbocycles. The Morgan fingerprint density at radius 3 is 1.62 bits per heavy atom. The van der Waals surface area contributed by atoms with E-state index in [0.29, 0.717) is 0 Å². The van der Waals surface area contributed by atoms with E-state index in [1.54, 1.807) is 14.2 Å². The molecule has 0 amide bonds. The zero-order valence-corrected chi connectivity index (χ0v) is 7.44.